The zero-order valence-corrected chi connectivity index (χ0v) is 24.3. The van der Waals surface area contributed by atoms with Crippen LogP contribution in [0.3, 0.4) is 0 Å². The van der Waals surface area contributed by atoms with E-state index in [1.165, 1.54) is 14.2 Å². The summed E-state index contributed by atoms with van der Waals surface area (Å²) in [6, 6.07) is 16.3. The number of carbonyl (C=O) groups is 3. The zero-order valence-electron chi connectivity index (χ0n) is 23.5. The molecule has 0 aliphatic carbocycles. The molecule has 41 heavy (non-hydrogen) atoms. The molecule has 3 aliphatic heterocycles. The molecule has 1 spiro atoms. The second kappa shape index (κ2) is 9.48. The van der Waals surface area contributed by atoms with E-state index in [1.54, 1.807) is 24.3 Å². The molecule has 0 aromatic heterocycles. The van der Waals surface area contributed by atoms with Crippen LogP contribution in [-0.2, 0) is 15.0 Å². The van der Waals surface area contributed by atoms with Gasteiger partial charge < -0.3 is 19.7 Å². The topological polar surface area (TPSA) is 84.9 Å². The fraction of sp³-hybridized carbons (Fsp3) is 0.303. The summed E-state index contributed by atoms with van der Waals surface area (Å²) in [7, 11) is 3.01. The van der Waals surface area contributed by atoms with Gasteiger partial charge in [-0.2, -0.15) is 0 Å². The highest BCUT2D eigenvalue weighted by Gasteiger charge is 2.71. The highest BCUT2D eigenvalue weighted by Crippen LogP contribution is 2.59. The standard InChI is InChI=1S/C33H31ClN2O5/c1-32(2,3)30(38)28-27(29(37)21-17-20(40-4)12-14-25(21)41-5)33(22-8-6-7-9-23(22)35-31(33)39)26-15-10-18-16-19(34)11-13-24(18)36(26)28/h6-17,26-28H,1-5H3,(H,35,39)/t26-,27-,28-,33-/m1/s1. The Balaban J connectivity index is 1.70. The predicted octanol–water partition coefficient (Wildman–Crippen LogP) is 5.95. The number of ketones is 2. The Kier molecular flexibility index (Phi) is 6.27. The Morgan fingerprint density at radius 1 is 1.00 bits per heavy atom. The summed E-state index contributed by atoms with van der Waals surface area (Å²) in [5.41, 5.74) is 0.906. The molecule has 4 atom stereocenters. The lowest BCUT2D eigenvalue weighted by atomic mass is 9.63. The Hall–Kier alpha value is -4.10. The third-order valence-corrected chi connectivity index (χ3v) is 8.79. The molecule has 3 heterocycles. The van der Waals surface area contributed by atoms with Gasteiger partial charge in [-0.05, 0) is 53.6 Å². The van der Waals surface area contributed by atoms with Gasteiger partial charge in [0.1, 0.15) is 23.0 Å². The molecule has 0 bridgehead atoms. The van der Waals surface area contributed by atoms with Crippen molar-refractivity contribution in [2.75, 3.05) is 24.4 Å². The van der Waals surface area contributed by atoms with Crippen LogP contribution in [0.15, 0.2) is 66.7 Å². The lowest BCUT2D eigenvalue weighted by molar-refractivity contribution is -0.128. The van der Waals surface area contributed by atoms with Crippen molar-refractivity contribution in [3.63, 3.8) is 0 Å². The first-order valence-electron chi connectivity index (χ1n) is 13.5. The van der Waals surface area contributed by atoms with Gasteiger partial charge in [0, 0.05) is 21.8 Å². The van der Waals surface area contributed by atoms with E-state index in [0.717, 1.165) is 11.3 Å². The molecule has 1 amide bonds. The Morgan fingerprint density at radius 2 is 1.76 bits per heavy atom. The number of nitrogens with zero attached hydrogens (tertiary/aromatic N) is 1. The summed E-state index contributed by atoms with van der Waals surface area (Å²) < 4.78 is 11.1. The maximum Gasteiger partial charge on any atom is 0.238 e. The number of para-hydroxylation sites is 1. The number of halogens is 1. The number of anilines is 2. The molecule has 1 fully saturated rings. The second-order valence-electron chi connectivity index (χ2n) is 11.8. The van der Waals surface area contributed by atoms with E-state index < -0.39 is 28.8 Å². The third-order valence-electron chi connectivity index (χ3n) is 8.56. The first-order valence-corrected chi connectivity index (χ1v) is 13.9. The van der Waals surface area contributed by atoms with Gasteiger partial charge in [0.15, 0.2) is 11.6 Å². The monoisotopic (exact) mass is 570 g/mol. The second-order valence-corrected chi connectivity index (χ2v) is 12.2. The largest absolute Gasteiger partial charge is 0.497 e. The number of fused-ring (bicyclic) bond motifs is 6. The van der Waals surface area contributed by atoms with Crippen LogP contribution in [0, 0.1) is 11.3 Å². The number of carbonyl (C=O) groups excluding carboxylic acids is 3. The average Bonchev–Trinajstić information content (AvgIpc) is 3.43. The zero-order chi connectivity index (χ0) is 29.3. The van der Waals surface area contributed by atoms with Crippen LogP contribution in [0.25, 0.3) is 6.08 Å². The van der Waals surface area contributed by atoms with Gasteiger partial charge in [-0.1, -0.05) is 62.7 Å². The van der Waals surface area contributed by atoms with Crippen molar-refractivity contribution < 1.29 is 23.9 Å². The normalized spacial score (nSPS) is 24.0. The molecule has 7 nitrogen and oxygen atoms in total. The Morgan fingerprint density at radius 3 is 2.46 bits per heavy atom. The van der Waals surface area contributed by atoms with E-state index >= 15 is 4.79 Å². The summed E-state index contributed by atoms with van der Waals surface area (Å²) >= 11 is 6.36. The first-order chi connectivity index (χ1) is 19.5. The number of methoxy groups -OCH3 is 2. The van der Waals surface area contributed by atoms with Gasteiger partial charge in [-0.3, -0.25) is 14.4 Å². The maximum absolute atomic E-state index is 15.0. The lowest BCUT2D eigenvalue weighted by Crippen LogP contribution is -2.51. The highest BCUT2D eigenvalue weighted by molar-refractivity contribution is 6.31. The van der Waals surface area contributed by atoms with Gasteiger partial charge in [0.05, 0.1) is 31.7 Å². The van der Waals surface area contributed by atoms with Crippen LogP contribution in [0.1, 0.15) is 42.3 Å². The van der Waals surface area contributed by atoms with Gasteiger partial charge in [-0.25, -0.2) is 0 Å². The quantitative estimate of drug-likeness (QED) is 0.382. The Bertz CT molecular complexity index is 1640. The van der Waals surface area contributed by atoms with Crippen LogP contribution >= 0.6 is 11.6 Å². The predicted molar refractivity (Wildman–Crippen MR) is 159 cm³/mol. The lowest BCUT2D eigenvalue weighted by Gasteiger charge is -2.38. The van der Waals surface area contributed by atoms with E-state index in [-0.39, 0.29) is 23.0 Å². The van der Waals surface area contributed by atoms with Crippen molar-refractivity contribution in [1.82, 2.24) is 0 Å². The molecule has 3 aromatic carbocycles. The molecule has 210 valence electrons. The number of amides is 1. The molecule has 8 heteroatoms. The SMILES string of the molecule is COc1ccc(OC)c(C(=O)[C@H]2[C@H](C(=O)C(C)(C)C)N3c4ccc(Cl)cc4C=C[C@@H]3[C@@]23C(=O)Nc2ccccc23)c1. The molecular weight excluding hydrogens is 540 g/mol. The van der Waals surface area contributed by atoms with E-state index in [1.807, 2.05) is 74.2 Å². The molecule has 1 N–H and O–H groups in total. The van der Waals surface area contributed by atoms with E-state index in [4.69, 9.17) is 21.1 Å². The van der Waals surface area contributed by atoms with Crippen molar-refractivity contribution in [3.8, 4) is 11.5 Å². The van der Waals surface area contributed by atoms with Gasteiger partial charge in [0.2, 0.25) is 5.91 Å². The molecule has 0 radical (unpaired) electrons. The van der Waals surface area contributed by atoms with Crippen molar-refractivity contribution in [1.29, 1.82) is 0 Å². The summed E-state index contributed by atoms with van der Waals surface area (Å²) in [6.07, 6.45) is 3.86. The van der Waals surface area contributed by atoms with Gasteiger partial charge in [-0.15, -0.1) is 0 Å². The van der Waals surface area contributed by atoms with Crippen molar-refractivity contribution in [2.45, 2.75) is 38.3 Å². The summed E-state index contributed by atoms with van der Waals surface area (Å²) in [5, 5.41) is 3.59. The number of nitrogens with one attached hydrogen (secondary N) is 1. The number of rotatable bonds is 5. The molecule has 6 rings (SSSR count). The summed E-state index contributed by atoms with van der Waals surface area (Å²) in [5.74, 6) is -1.11. The number of benzene rings is 3. The minimum absolute atomic E-state index is 0.145. The highest BCUT2D eigenvalue weighted by atomic mass is 35.5. The van der Waals surface area contributed by atoms with Crippen molar-refractivity contribution in [3.05, 3.63) is 88.5 Å². The van der Waals surface area contributed by atoms with Gasteiger partial charge >= 0.3 is 0 Å². The molecule has 1 saturated heterocycles. The minimum Gasteiger partial charge on any atom is -0.497 e. The molecule has 3 aromatic rings. The van der Waals surface area contributed by atoms with Crippen molar-refractivity contribution in [2.24, 2.45) is 11.3 Å². The third kappa shape index (κ3) is 3.82. The van der Waals surface area contributed by atoms with Crippen LogP contribution in [0.4, 0.5) is 11.4 Å². The Labute approximate surface area is 244 Å². The van der Waals surface area contributed by atoms with Crippen LogP contribution in [0.2, 0.25) is 5.02 Å². The van der Waals surface area contributed by atoms with E-state index in [9.17, 15) is 9.59 Å². The van der Waals surface area contributed by atoms with Crippen LogP contribution in [-0.4, -0.2) is 43.8 Å². The number of Topliss-reactive ketones (excluding diaryl/α,β-unsaturated/α-hetero) is 2. The maximum atomic E-state index is 15.0. The fourth-order valence-corrected chi connectivity index (χ4v) is 6.95. The molecule has 0 unspecified atom stereocenters. The fourth-order valence-electron chi connectivity index (χ4n) is 6.77. The average molecular weight is 571 g/mol. The first kappa shape index (κ1) is 27.1. The van der Waals surface area contributed by atoms with Crippen LogP contribution < -0.4 is 19.7 Å². The molecule has 3 aliphatic rings. The van der Waals surface area contributed by atoms with Gasteiger partial charge in [0.25, 0.3) is 0 Å². The van der Waals surface area contributed by atoms with E-state index in [0.29, 0.717) is 27.8 Å². The number of hydrogen-bond donors (Lipinski definition) is 1. The summed E-state index contributed by atoms with van der Waals surface area (Å²) in [6.45, 7) is 5.52. The number of ether oxygens (including phenoxy) is 2. The van der Waals surface area contributed by atoms with E-state index in [2.05, 4.69) is 5.32 Å². The smallest absolute Gasteiger partial charge is 0.238 e. The molecule has 0 saturated carbocycles. The summed E-state index contributed by atoms with van der Waals surface area (Å²) in [4.78, 5) is 45.9. The molecular formula is C33H31ClN2O5. The minimum atomic E-state index is -1.40. The van der Waals surface area contributed by atoms with Crippen LogP contribution in [0.5, 0.6) is 11.5 Å². The number of hydrogen-bond acceptors (Lipinski definition) is 6. The van der Waals surface area contributed by atoms with Crippen molar-refractivity contribution >= 4 is 46.5 Å².